The summed E-state index contributed by atoms with van der Waals surface area (Å²) in [5.74, 6) is 0.751. The van der Waals surface area contributed by atoms with E-state index in [0.29, 0.717) is 6.61 Å². The van der Waals surface area contributed by atoms with E-state index in [9.17, 15) is 0 Å². The van der Waals surface area contributed by atoms with Gasteiger partial charge >= 0.3 is 0 Å². The van der Waals surface area contributed by atoms with Crippen molar-refractivity contribution in [3.8, 4) is 5.75 Å². The van der Waals surface area contributed by atoms with Crippen molar-refractivity contribution in [3.05, 3.63) is 58.3 Å². The first-order valence-corrected chi connectivity index (χ1v) is 7.05. The molecule has 4 heteroatoms. The Balaban J connectivity index is 1.71. The van der Waals surface area contributed by atoms with Crippen molar-refractivity contribution in [1.82, 2.24) is 4.98 Å². The average molecular weight is 320 g/mol. The second-order valence-electron chi connectivity index (χ2n) is 4.46. The Labute approximate surface area is 120 Å². The van der Waals surface area contributed by atoms with Gasteiger partial charge in [-0.3, -0.25) is 4.98 Å². The Bertz CT molecular complexity index is 574. The van der Waals surface area contributed by atoms with Crippen LogP contribution in [0.1, 0.15) is 17.2 Å². The third-order valence-corrected chi connectivity index (χ3v) is 3.61. The minimum absolute atomic E-state index is 0.00364. The molecule has 3 rings (SSSR count). The smallest absolute Gasteiger partial charge is 0.138 e. The van der Waals surface area contributed by atoms with Crippen LogP contribution in [-0.2, 0) is 11.2 Å². The summed E-state index contributed by atoms with van der Waals surface area (Å²) in [6.45, 7) is 1.26. The van der Waals surface area contributed by atoms with Crippen molar-refractivity contribution in [2.24, 2.45) is 0 Å². The molecule has 19 heavy (non-hydrogen) atoms. The van der Waals surface area contributed by atoms with Crippen LogP contribution >= 0.6 is 15.9 Å². The van der Waals surface area contributed by atoms with Crippen LogP contribution in [0.15, 0.2) is 47.2 Å². The Morgan fingerprint density at radius 2 is 2.21 bits per heavy atom. The average Bonchev–Trinajstić information content (AvgIpc) is 2.45. The normalized spacial score (nSPS) is 17.8. The van der Waals surface area contributed by atoms with Crippen LogP contribution < -0.4 is 4.74 Å². The summed E-state index contributed by atoms with van der Waals surface area (Å²) in [6.07, 6.45) is 4.42. The highest BCUT2D eigenvalue weighted by Gasteiger charge is 2.20. The summed E-state index contributed by atoms with van der Waals surface area (Å²) >= 11 is 3.38. The number of fused-ring (bicyclic) bond motifs is 1. The number of aromatic nitrogens is 1. The molecule has 0 radical (unpaired) electrons. The fourth-order valence-electron chi connectivity index (χ4n) is 2.26. The zero-order chi connectivity index (χ0) is 13.1. The summed E-state index contributed by atoms with van der Waals surface area (Å²) in [5.41, 5.74) is 2.59. The van der Waals surface area contributed by atoms with Gasteiger partial charge in [-0.1, -0.05) is 24.3 Å². The monoisotopic (exact) mass is 319 g/mol. The molecule has 0 saturated carbocycles. The van der Waals surface area contributed by atoms with Crippen molar-refractivity contribution < 1.29 is 9.47 Å². The van der Waals surface area contributed by atoms with Crippen LogP contribution in [-0.4, -0.2) is 18.2 Å². The largest absolute Gasteiger partial charge is 0.489 e. The zero-order valence-corrected chi connectivity index (χ0v) is 12.0. The van der Waals surface area contributed by atoms with Gasteiger partial charge in [0.1, 0.15) is 18.5 Å². The van der Waals surface area contributed by atoms with Gasteiger partial charge in [-0.2, -0.15) is 0 Å². The van der Waals surface area contributed by atoms with Crippen LogP contribution in [0.2, 0.25) is 0 Å². The number of hydrogen-bond acceptors (Lipinski definition) is 3. The number of ether oxygens (including phenoxy) is 2. The highest BCUT2D eigenvalue weighted by molar-refractivity contribution is 9.10. The Kier molecular flexibility index (Phi) is 3.80. The maximum Gasteiger partial charge on any atom is 0.138 e. The molecule has 1 aliphatic heterocycles. The lowest BCUT2D eigenvalue weighted by atomic mass is 9.98. The number of hydrogen-bond donors (Lipinski definition) is 0. The molecular formula is C15H14BrNO2. The van der Waals surface area contributed by atoms with Crippen molar-refractivity contribution >= 4 is 15.9 Å². The molecule has 0 bridgehead atoms. The second-order valence-corrected chi connectivity index (χ2v) is 5.37. The molecule has 2 heterocycles. The van der Waals surface area contributed by atoms with E-state index in [4.69, 9.17) is 9.47 Å². The van der Waals surface area contributed by atoms with Gasteiger partial charge in [-0.05, 0) is 39.5 Å². The number of rotatable bonds is 3. The molecule has 1 unspecified atom stereocenters. The minimum Gasteiger partial charge on any atom is -0.489 e. The minimum atomic E-state index is 0.00364. The molecule has 0 N–H and O–H groups in total. The van der Waals surface area contributed by atoms with E-state index >= 15 is 0 Å². The van der Waals surface area contributed by atoms with E-state index in [1.807, 2.05) is 12.1 Å². The summed E-state index contributed by atoms with van der Waals surface area (Å²) in [5, 5.41) is 0. The molecule has 0 saturated heterocycles. The molecule has 1 aromatic carbocycles. The SMILES string of the molecule is Brc1cncc(OCC2OCCc3ccccc32)c1. The first-order valence-electron chi connectivity index (χ1n) is 6.26. The maximum atomic E-state index is 5.80. The van der Waals surface area contributed by atoms with Gasteiger partial charge in [0, 0.05) is 10.7 Å². The summed E-state index contributed by atoms with van der Waals surface area (Å²) in [4.78, 5) is 4.08. The van der Waals surface area contributed by atoms with Gasteiger partial charge in [0.25, 0.3) is 0 Å². The summed E-state index contributed by atoms with van der Waals surface area (Å²) in [7, 11) is 0. The van der Waals surface area contributed by atoms with Crippen LogP contribution in [0.4, 0.5) is 0 Å². The molecule has 0 fully saturated rings. The zero-order valence-electron chi connectivity index (χ0n) is 10.4. The molecule has 1 atom stereocenters. The Morgan fingerprint density at radius 1 is 1.32 bits per heavy atom. The molecule has 98 valence electrons. The quantitative estimate of drug-likeness (QED) is 0.867. The van der Waals surface area contributed by atoms with Crippen LogP contribution in [0, 0.1) is 0 Å². The van der Waals surface area contributed by atoms with E-state index in [0.717, 1.165) is 23.2 Å². The maximum absolute atomic E-state index is 5.80. The highest BCUT2D eigenvalue weighted by Crippen LogP contribution is 2.27. The van der Waals surface area contributed by atoms with E-state index in [1.54, 1.807) is 12.4 Å². The predicted molar refractivity (Wildman–Crippen MR) is 76.3 cm³/mol. The Hall–Kier alpha value is -1.39. The third-order valence-electron chi connectivity index (χ3n) is 3.17. The van der Waals surface area contributed by atoms with Crippen molar-refractivity contribution in [1.29, 1.82) is 0 Å². The lowest BCUT2D eigenvalue weighted by Gasteiger charge is -2.26. The summed E-state index contributed by atoms with van der Waals surface area (Å²) < 4.78 is 12.5. The molecule has 1 aromatic heterocycles. The van der Waals surface area contributed by atoms with Gasteiger partial charge in [0.2, 0.25) is 0 Å². The van der Waals surface area contributed by atoms with Gasteiger partial charge < -0.3 is 9.47 Å². The fraction of sp³-hybridized carbons (Fsp3) is 0.267. The molecule has 2 aromatic rings. The Morgan fingerprint density at radius 3 is 3.11 bits per heavy atom. The highest BCUT2D eigenvalue weighted by atomic mass is 79.9. The standard InChI is InChI=1S/C15H14BrNO2/c16-12-7-13(9-17-8-12)19-10-15-14-4-2-1-3-11(14)5-6-18-15/h1-4,7-9,15H,5-6,10H2. The van der Waals surface area contributed by atoms with E-state index < -0.39 is 0 Å². The molecule has 3 nitrogen and oxygen atoms in total. The van der Waals surface area contributed by atoms with Crippen LogP contribution in [0.3, 0.4) is 0 Å². The van der Waals surface area contributed by atoms with Gasteiger partial charge in [-0.25, -0.2) is 0 Å². The fourth-order valence-corrected chi connectivity index (χ4v) is 2.60. The number of benzene rings is 1. The first kappa shape index (κ1) is 12.6. The van der Waals surface area contributed by atoms with Crippen LogP contribution in [0.25, 0.3) is 0 Å². The van der Waals surface area contributed by atoms with Crippen molar-refractivity contribution in [2.75, 3.05) is 13.2 Å². The second kappa shape index (κ2) is 5.72. The van der Waals surface area contributed by atoms with E-state index in [-0.39, 0.29) is 6.10 Å². The first-order chi connectivity index (χ1) is 9.33. The van der Waals surface area contributed by atoms with Crippen molar-refractivity contribution in [3.63, 3.8) is 0 Å². The molecule has 1 aliphatic rings. The van der Waals surface area contributed by atoms with E-state index in [1.165, 1.54) is 11.1 Å². The summed E-state index contributed by atoms with van der Waals surface area (Å²) in [6, 6.07) is 10.3. The van der Waals surface area contributed by atoms with Gasteiger partial charge in [0.05, 0.1) is 12.8 Å². The molecule has 0 aliphatic carbocycles. The van der Waals surface area contributed by atoms with E-state index in [2.05, 4.69) is 39.1 Å². The van der Waals surface area contributed by atoms with Gasteiger partial charge in [0.15, 0.2) is 0 Å². The van der Waals surface area contributed by atoms with Crippen LogP contribution in [0.5, 0.6) is 5.75 Å². The van der Waals surface area contributed by atoms with Crippen molar-refractivity contribution in [2.45, 2.75) is 12.5 Å². The molecular weight excluding hydrogens is 306 g/mol. The molecule has 0 amide bonds. The number of halogens is 1. The third kappa shape index (κ3) is 2.96. The van der Waals surface area contributed by atoms with Gasteiger partial charge in [-0.15, -0.1) is 0 Å². The number of nitrogens with zero attached hydrogens (tertiary/aromatic N) is 1. The lowest BCUT2D eigenvalue weighted by molar-refractivity contribution is 0.0101. The lowest BCUT2D eigenvalue weighted by Crippen LogP contribution is -2.21. The molecule has 0 spiro atoms. The predicted octanol–water partition coefficient (Wildman–Crippen LogP) is 3.54. The number of pyridine rings is 1. The topological polar surface area (TPSA) is 31.4 Å².